The quantitative estimate of drug-likeness (QED) is 0.716. The minimum absolute atomic E-state index is 0.501. The smallest absolute Gasteiger partial charge is 0.214 e. The van der Waals surface area contributed by atoms with Crippen LogP contribution in [0.2, 0.25) is 0 Å². The lowest BCUT2D eigenvalue weighted by Gasteiger charge is -2.08. The van der Waals surface area contributed by atoms with E-state index in [9.17, 15) is 0 Å². The van der Waals surface area contributed by atoms with Gasteiger partial charge < -0.3 is 10.1 Å². The molecule has 1 aromatic heterocycles. The summed E-state index contributed by atoms with van der Waals surface area (Å²) in [5, 5.41) is 3.30. The molecule has 0 atom stereocenters. The molecule has 0 bridgehead atoms. The molecule has 16 heavy (non-hydrogen) atoms. The third kappa shape index (κ3) is 4.03. The topological polar surface area (TPSA) is 34.1 Å². The highest BCUT2D eigenvalue weighted by Gasteiger charge is 2.02. The first-order valence-corrected chi connectivity index (χ1v) is 5.74. The van der Waals surface area contributed by atoms with Gasteiger partial charge in [0.2, 0.25) is 5.88 Å². The summed E-state index contributed by atoms with van der Waals surface area (Å²) in [6, 6.07) is 4.09. The van der Waals surface area contributed by atoms with Gasteiger partial charge in [-0.15, -0.1) is 0 Å². The van der Waals surface area contributed by atoms with Gasteiger partial charge in [-0.1, -0.05) is 26.5 Å². The Bertz CT molecular complexity index is 337. The zero-order chi connectivity index (χ0) is 11.8. The number of nitrogens with one attached hydrogen (secondary N) is 1. The summed E-state index contributed by atoms with van der Waals surface area (Å²) >= 11 is 0. The van der Waals surface area contributed by atoms with Crippen molar-refractivity contribution in [1.29, 1.82) is 0 Å². The van der Waals surface area contributed by atoms with Gasteiger partial charge >= 0.3 is 0 Å². The fourth-order valence-electron chi connectivity index (χ4n) is 1.39. The van der Waals surface area contributed by atoms with Crippen molar-refractivity contribution in [1.82, 2.24) is 10.3 Å². The molecule has 0 aliphatic heterocycles. The molecule has 0 unspecified atom stereocenters. The molecule has 0 aliphatic rings. The number of aromatic nitrogens is 1. The van der Waals surface area contributed by atoms with Crippen LogP contribution in [0, 0.1) is 0 Å². The van der Waals surface area contributed by atoms with Gasteiger partial charge in [-0.2, -0.15) is 0 Å². The van der Waals surface area contributed by atoms with Crippen molar-refractivity contribution in [2.75, 3.05) is 13.2 Å². The summed E-state index contributed by atoms with van der Waals surface area (Å²) in [7, 11) is 0. The Kier molecular flexibility index (Phi) is 5.57. The second kappa shape index (κ2) is 7.01. The van der Waals surface area contributed by atoms with Crippen LogP contribution in [-0.2, 0) is 13.0 Å². The highest BCUT2D eigenvalue weighted by atomic mass is 16.5. The Labute approximate surface area is 97.5 Å². The third-order valence-corrected chi connectivity index (χ3v) is 2.21. The molecule has 0 spiro atoms. The normalized spacial score (nSPS) is 10.1. The summed E-state index contributed by atoms with van der Waals surface area (Å²) < 4.78 is 5.46. The maximum Gasteiger partial charge on any atom is 0.214 e. The number of rotatable bonds is 7. The maximum atomic E-state index is 5.46. The molecular formula is C13H20N2O. The van der Waals surface area contributed by atoms with Crippen molar-refractivity contribution < 1.29 is 4.74 Å². The highest BCUT2D eigenvalue weighted by molar-refractivity contribution is 5.25. The van der Waals surface area contributed by atoms with Gasteiger partial charge in [-0.25, -0.2) is 4.98 Å². The first kappa shape index (κ1) is 12.7. The zero-order valence-corrected chi connectivity index (χ0v) is 10.1. The van der Waals surface area contributed by atoms with Crippen molar-refractivity contribution in [2.24, 2.45) is 0 Å². The average molecular weight is 220 g/mol. The molecule has 0 saturated heterocycles. The monoisotopic (exact) mass is 220 g/mol. The SMILES string of the molecule is C=CCOc1cc(CNCC)cc(CC)n1. The Balaban J connectivity index is 2.78. The molecular weight excluding hydrogens is 200 g/mol. The molecule has 0 amide bonds. The van der Waals surface area contributed by atoms with E-state index in [1.807, 2.05) is 6.07 Å². The Morgan fingerprint density at radius 1 is 1.44 bits per heavy atom. The van der Waals surface area contributed by atoms with Crippen LogP contribution in [0.3, 0.4) is 0 Å². The molecule has 0 radical (unpaired) electrons. The van der Waals surface area contributed by atoms with E-state index in [0.717, 1.165) is 25.2 Å². The largest absolute Gasteiger partial charge is 0.473 e. The van der Waals surface area contributed by atoms with Gasteiger partial charge in [0.25, 0.3) is 0 Å². The van der Waals surface area contributed by atoms with Crippen LogP contribution in [0.4, 0.5) is 0 Å². The van der Waals surface area contributed by atoms with Crippen LogP contribution in [-0.4, -0.2) is 18.1 Å². The van der Waals surface area contributed by atoms with Gasteiger partial charge in [0, 0.05) is 18.3 Å². The lowest BCUT2D eigenvalue weighted by atomic mass is 10.2. The first-order valence-electron chi connectivity index (χ1n) is 5.74. The number of pyridine rings is 1. The van der Waals surface area contributed by atoms with Crippen molar-refractivity contribution in [3.05, 3.63) is 36.0 Å². The number of hydrogen-bond donors (Lipinski definition) is 1. The number of aryl methyl sites for hydroxylation is 1. The maximum absolute atomic E-state index is 5.46. The van der Waals surface area contributed by atoms with Crippen molar-refractivity contribution in [2.45, 2.75) is 26.8 Å². The lowest BCUT2D eigenvalue weighted by molar-refractivity contribution is 0.347. The van der Waals surface area contributed by atoms with Gasteiger partial charge in [0.15, 0.2) is 0 Å². The number of ether oxygens (including phenoxy) is 1. The summed E-state index contributed by atoms with van der Waals surface area (Å²) in [6.45, 7) is 10.1. The van der Waals surface area contributed by atoms with E-state index in [1.54, 1.807) is 6.08 Å². The molecule has 1 heterocycles. The standard InChI is InChI=1S/C13H20N2O/c1-4-7-16-13-9-11(10-14-6-3)8-12(5-2)15-13/h4,8-9,14H,1,5-7,10H2,2-3H3. The number of hydrogen-bond acceptors (Lipinski definition) is 3. The molecule has 0 aliphatic carbocycles. The molecule has 0 saturated carbocycles. The van der Waals surface area contributed by atoms with Crippen molar-refractivity contribution in [3.63, 3.8) is 0 Å². The van der Waals surface area contributed by atoms with E-state index in [2.05, 4.69) is 36.8 Å². The zero-order valence-electron chi connectivity index (χ0n) is 10.1. The molecule has 0 aromatic carbocycles. The van der Waals surface area contributed by atoms with Crippen LogP contribution in [0.15, 0.2) is 24.8 Å². The van der Waals surface area contributed by atoms with E-state index in [4.69, 9.17) is 4.74 Å². The van der Waals surface area contributed by atoms with E-state index < -0.39 is 0 Å². The summed E-state index contributed by atoms with van der Waals surface area (Å²) in [6.07, 6.45) is 2.65. The van der Waals surface area contributed by atoms with Crippen LogP contribution in [0.1, 0.15) is 25.1 Å². The van der Waals surface area contributed by atoms with Crippen LogP contribution in [0.25, 0.3) is 0 Å². The molecule has 1 N–H and O–H groups in total. The van der Waals surface area contributed by atoms with E-state index in [0.29, 0.717) is 12.5 Å². The highest BCUT2D eigenvalue weighted by Crippen LogP contribution is 2.13. The molecule has 1 aromatic rings. The van der Waals surface area contributed by atoms with Crippen LogP contribution >= 0.6 is 0 Å². The first-order chi connectivity index (χ1) is 7.80. The molecule has 3 nitrogen and oxygen atoms in total. The molecule has 0 fully saturated rings. The van der Waals surface area contributed by atoms with Gasteiger partial charge in [0.1, 0.15) is 6.61 Å². The second-order valence-electron chi connectivity index (χ2n) is 3.54. The Morgan fingerprint density at radius 2 is 2.25 bits per heavy atom. The number of nitrogens with zero attached hydrogens (tertiary/aromatic N) is 1. The average Bonchev–Trinajstić information content (AvgIpc) is 2.33. The van der Waals surface area contributed by atoms with Gasteiger partial charge in [0.05, 0.1) is 0 Å². The van der Waals surface area contributed by atoms with Gasteiger partial charge in [-0.3, -0.25) is 0 Å². The third-order valence-electron chi connectivity index (χ3n) is 2.21. The van der Waals surface area contributed by atoms with Crippen molar-refractivity contribution >= 4 is 0 Å². The molecule has 1 rings (SSSR count). The summed E-state index contributed by atoms with van der Waals surface area (Å²) in [4.78, 5) is 4.40. The predicted octanol–water partition coefficient (Wildman–Crippen LogP) is 2.32. The molecule has 3 heteroatoms. The summed E-state index contributed by atoms with van der Waals surface area (Å²) in [5.74, 6) is 0.687. The van der Waals surface area contributed by atoms with Crippen LogP contribution in [0.5, 0.6) is 5.88 Å². The predicted molar refractivity (Wildman–Crippen MR) is 66.7 cm³/mol. The molecule has 88 valence electrons. The fraction of sp³-hybridized carbons (Fsp3) is 0.462. The van der Waals surface area contributed by atoms with Crippen LogP contribution < -0.4 is 10.1 Å². The minimum Gasteiger partial charge on any atom is -0.473 e. The van der Waals surface area contributed by atoms with E-state index in [-0.39, 0.29) is 0 Å². The minimum atomic E-state index is 0.501. The lowest BCUT2D eigenvalue weighted by Crippen LogP contribution is -2.12. The van der Waals surface area contributed by atoms with E-state index in [1.165, 1.54) is 5.56 Å². The van der Waals surface area contributed by atoms with Gasteiger partial charge in [-0.05, 0) is 24.6 Å². The van der Waals surface area contributed by atoms with E-state index >= 15 is 0 Å². The Morgan fingerprint density at radius 3 is 2.88 bits per heavy atom. The fourth-order valence-corrected chi connectivity index (χ4v) is 1.39. The van der Waals surface area contributed by atoms with Crippen molar-refractivity contribution in [3.8, 4) is 5.88 Å². The Hall–Kier alpha value is -1.35. The summed E-state index contributed by atoms with van der Waals surface area (Å²) in [5.41, 5.74) is 2.28. The second-order valence-corrected chi connectivity index (χ2v) is 3.54.